The smallest absolute Gasteiger partial charge is 0.303 e. The molecule has 0 bridgehead atoms. The Bertz CT molecular complexity index is 919. The Labute approximate surface area is 145 Å². The molecule has 1 aromatic carbocycles. The van der Waals surface area contributed by atoms with Crippen molar-refractivity contribution in [3.63, 3.8) is 0 Å². The highest BCUT2D eigenvalue weighted by Gasteiger charge is 2.19. The molecule has 0 saturated heterocycles. The van der Waals surface area contributed by atoms with Crippen molar-refractivity contribution in [2.75, 3.05) is 6.54 Å². The average Bonchev–Trinajstić information content (AvgIpc) is 3.02. The third-order valence-electron chi connectivity index (χ3n) is 4.56. The molecule has 0 fully saturated rings. The lowest BCUT2D eigenvalue weighted by Crippen LogP contribution is -2.33. The van der Waals surface area contributed by atoms with Gasteiger partial charge in [-0.1, -0.05) is 24.3 Å². The fourth-order valence-corrected chi connectivity index (χ4v) is 3.30. The Morgan fingerprint density at radius 1 is 1.12 bits per heavy atom. The zero-order valence-electron chi connectivity index (χ0n) is 13.9. The van der Waals surface area contributed by atoms with E-state index in [0.29, 0.717) is 6.42 Å². The quantitative estimate of drug-likeness (QED) is 0.775. The number of pyridine rings is 1. The number of carboxylic acids is 1. The lowest BCUT2D eigenvalue weighted by atomic mass is 10.2. The van der Waals surface area contributed by atoms with Crippen LogP contribution in [-0.2, 0) is 30.8 Å². The van der Waals surface area contributed by atoms with Crippen LogP contribution in [0.4, 0.5) is 0 Å². The van der Waals surface area contributed by atoms with Gasteiger partial charge in [0, 0.05) is 31.4 Å². The van der Waals surface area contributed by atoms with Gasteiger partial charge < -0.3 is 5.11 Å². The summed E-state index contributed by atoms with van der Waals surface area (Å²) in [6, 6.07) is 14.4. The molecule has 0 atom stereocenters. The summed E-state index contributed by atoms with van der Waals surface area (Å²) in [7, 11) is 0. The number of para-hydroxylation sites is 1. The van der Waals surface area contributed by atoms with Crippen LogP contribution >= 0.6 is 0 Å². The van der Waals surface area contributed by atoms with Gasteiger partial charge in [-0.15, -0.1) is 0 Å². The second kappa shape index (κ2) is 6.64. The van der Waals surface area contributed by atoms with Gasteiger partial charge in [-0.25, -0.2) is 0 Å². The highest BCUT2D eigenvalue weighted by molar-refractivity contribution is 5.78. The molecule has 128 valence electrons. The van der Waals surface area contributed by atoms with Gasteiger partial charge in [0.2, 0.25) is 0 Å². The number of hydrogen-bond acceptors (Lipinski definition) is 4. The van der Waals surface area contributed by atoms with Gasteiger partial charge in [-0.2, -0.15) is 5.10 Å². The maximum atomic E-state index is 10.7. The molecular weight excluding hydrogens is 316 g/mol. The Balaban J connectivity index is 1.45. The number of fused-ring (bicyclic) bond motifs is 2. The van der Waals surface area contributed by atoms with Crippen molar-refractivity contribution < 1.29 is 9.90 Å². The molecule has 3 heterocycles. The van der Waals surface area contributed by atoms with E-state index in [1.807, 2.05) is 28.9 Å². The fraction of sp³-hybridized carbons (Fsp3) is 0.316. The topological polar surface area (TPSA) is 71.2 Å². The number of hydrogen-bond donors (Lipinski definition) is 1. The molecule has 1 aliphatic heterocycles. The Hall–Kier alpha value is -2.73. The molecule has 6 heteroatoms. The molecule has 1 N–H and O–H groups in total. The van der Waals surface area contributed by atoms with Gasteiger partial charge in [0.25, 0.3) is 0 Å². The second-order valence-electron chi connectivity index (χ2n) is 6.45. The predicted octanol–water partition coefficient (Wildman–Crippen LogP) is 2.46. The number of rotatable bonds is 5. The summed E-state index contributed by atoms with van der Waals surface area (Å²) in [5.41, 5.74) is 4.10. The van der Waals surface area contributed by atoms with Crippen LogP contribution < -0.4 is 0 Å². The summed E-state index contributed by atoms with van der Waals surface area (Å²) in [5.74, 6) is -0.782. The SMILES string of the molecule is O=C(O)CCc1cc2n(n1)CCN(Cc1ccc3ccccc3n1)C2. The van der Waals surface area contributed by atoms with E-state index in [4.69, 9.17) is 10.1 Å². The van der Waals surface area contributed by atoms with Gasteiger partial charge in [-0.3, -0.25) is 19.4 Å². The normalized spacial score (nSPS) is 14.6. The maximum absolute atomic E-state index is 10.7. The molecule has 0 unspecified atom stereocenters. The number of aliphatic carboxylic acids is 1. The molecule has 4 rings (SSSR count). The largest absolute Gasteiger partial charge is 0.481 e. The van der Waals surface area contributed by atoms with Crippen LogP contribution in [0.2, 0.25) is 0 Å². The van der Waals surface area contributed by atoms with Gasteiger partial charge in [0.1, 0.15) is 0 Å². The van der Waals surface area contributed by atoms with Crippen LogP contribution in [0, 0.1) is 0 Å². The van der Waals surface area contributed by atoms with E-state index >= 15 is 0 Å². The fourth-order valence-electron chi connectivity index (χ4n) is 3.30. The van der Waals surface area contributed by atoms with Crippen LogP contribution in [0.1, 0.15) is 23.5 Å². The molecule has 2 aromatic heterocycles. The number of aromatic nitrogens is 3. The monoisotopic (exact) mass is 336 g/mol. The van der Waals surface area contributed by atoms with Crippen molar-refractivity contribution in [2.45, 2.75) is 32.5 Å². The Morgan fingerprint density at radius 3 is 2.88 bits per heavy atom. The van der Waals surface area contributed by atoms with Crippen LogP contribution in [0.5, 0.6) is 0 Å². The van der Waals surface area contributed by atoms with Crippen LogP contribution in [0.15, 0.2) is 42.5 Å². The van der Waals surface area contributed by atoms with Gasteiger partial charge in [0.15, 0.2) is 0 Å². The number of benzene rings is 1. The summed E-state index contributed by atoms with van der Waals surface area (Å²) in [6.07, 6.45) is 0.614. The van der Waals surface area contributed by atoms with E-state index in [-0.39, 0.29) is 6.42 Å². The molecule has 1 aliphatic rings. The summed E-state index contributed by atoms with van der Waals surface area (Å²) in [4.78, 5) is 17.8. The number of carboxylic acid groups (broad SMARTS) is 1. The molecule has 3 aromatic rings. The first-order valence-corrected chi connectivity index (χ1v) is 8.52. The molecule has 0 saturated carbocycles. The summed E-state index contributed by atoms with van der Waals surface area (Å²) < 4.78 is 2.00. The lowest BCUT2D eigenvalue weighted by molar-refractivity contribution is -0.136. The first-order chi connectivity index (χ1) is 12.2. The Morgan fingerprint density at radius 2 is 2.00 bits per heavy atom. The van der Waals surface area contributed by atoms with Crippen molar-refractivity contribution in [2.24, 2.45) is 0 Å². The molecule has 25 heavy (non-hydrogen) atoms. The van der Waals surface area contributed by atoms with E-state index in [1.165, 1.54) is 0 Å². The minimum atomic E-state index is -0.782. The summed E-state index contributed by atoms with van der Waals surface area (Å²) >= 11 is 0. The predicted molar refractivity (Wildman–Crippen MR) is 94.0 cm³/mol. The second-order valence-corrected chi connectivity index (χ2v) is 6.45. The number of carbonyl (C=O) groups is 1. The number of nitrogens with zero attached hydrogens (tertiary/aromatic N) is 4. The van der Waals surface area contributed by atoms with Gasteiger partial charge in [-0.05, 0) is 18.2 Å². The minimum Gasteiger partial charge on any atom is -0.481 e. The first kappa shape index (κ1) is 15.8. The summed E-state index contributed by atoms with van der Waals surface area (Å²) in [6.45, 7) is 3.37. The van der Waals surface area contributed by atoms with Crippen molar-refractivity contribution in [3.8, 4) is 0 Å². The van der Waals surface area contributed by atoms with Crippen LogP contribution in [0.3, 0.4) is 0 Å². The van der Waals surface area contributed by atoms with Gasteiger partial charge >= 0.3 is 5.97 Å². The van der Waals surface area contributed by atoms with Gasteiger partial charge in [0.05, 0.1) is 35.6 Å². The number of aryl methyl sites for hydroxylation is 1. The first-order valence-electron chi connectivity index (χ1n) is 8.52. The van der Waals surface area contributed by atoms with Crippen molar-refractivity contribution >= 4 is 16.9 Å². The third kappa shape index (κ3) is 3.53. The molecule has 0 aliphatic carbocycles. The molecule has 0 spiro atoms. The third-order valence-corrected chi connectivity index (χ3v) is 4.56. The lowest BCUT2D eigenvalue weighted by Gasteiger charge is -2.27. The minimum absolute atomic E-state index is 0.126. The summed E-state index contributed by atoms with van der Waals surface area (Å²) in [5, 5.41) is 14.5. The van der Waals surface area contributed by atoms with Crippen molar-refractivity contribution in [3.05, 3.63) is 59.5 Å². The zero-order chi connectivity index (χ0) is 17.2. The maximum Gasteiger partial charge on any atom is 0.303 e. The van der Waals surface area contributed by atoms with E-state index in [1.54, 1.807) is 0 Å². The van der Waals surface area contributed by atoms with Crippen LogP contribution in [-0.4, -0.2) is 37.3 Å². The highest BCUT2D eigenvalue weighted by atomic mass is 16.4. The average molecular weight is 336 g/mol. The van der Waals surface area contributed by atoms with Crippen molar-refractivity contribution in [1.29, 1.82) is 0 Å². The molecule has 0 radical (unpaired) electrons. The molecular formula is C19H20N4O2. The molecule has 0 amide bonds. The van der Waals surface area contributed by atoms with E-state index in [9.17, 15) is 4.79 Å². The van der Waals surface area contributed by atoms with Crippen LogP contribution in [0.25, 0.3) is 10.9 Å². The highest BCUT2D eigenvalue weighted by Crippen LogP contribution is 2.18. The molecule has 6 nitrogen and oxygen atoms in total. The Kier molecular flexibility index (Phi) is 4.19. The zero-order valence-corrected chi connectivity index (χ0v) is 13.9. The standard InChI is InChI=1S/C19H20N4O2/c24-19(25)8-7-15-11-17-13-22(9-10-23(17)21-15)12-16-6-5-14-3-1-2-4-18(14)20-16/h1-6,11H,7-10,12-13H2,(H,24,25). The van der Waals surface area contributed by atoms with E-state index in [2.05, 4.69) is 28.2 Å². The van der Waals surface area contributed by atoms with E-state index in [0.717, 1.165) is 54.2 Å². The van der Waals surface area contributed by atoms with Crippen molar-refractivity contribution in [1.82, 2.24) is 19.7 Å². The van der Waals surface area contributed by atoms with E-state index < -0.39 is 5.97 Å².